The molecular weight excluding hydrogens is 198 g/mol. The van der Waals surface area contributed by atoms with Crippen LogP contribution in [0.3, 0.4) is 0 Å². The van der Waals surface area contributed by atoms with Crippen LogP contribution in [0.2, 0.25) is 0 Å². The van der Waals surface area contributed by atoms with E-state index >= 15 is 0 Å². The molecule has 0 bridgehead atoms. The van der Waals surface area contributed by atoms with Crippen LogP contribution in [0.25, 0.3) is 0 Å². The Morgan fingerprint density at radius 2 is 1.81 bits per heavy atom. The maximum absolute atomic E-state index is 5.05. The zero-order valence-electron chi connectivity index (χ0n) is 10.9. The number of allylic oxidation sites excluding steroid dienone is 4. The van der Waals surface area contributed by atoms with Gasteiger partial charge in [-0.3, -0.25) is 0 Å². The smallest absolute Gasteiger partial charge is 0.137 e. The monoisotopic (exact) mass is 221 g/mol. The van der Waals surface area contributed by atoms with E-state index in [0.717, 1.165) is 16.9 Å². The summed E-state index contributed by atoms with van der Waals surface area (Å²) in [5.41, 5.74) is 2.62. The van der Waals surface area contributed by atoms with E-state index in [2.05, 4.69) is 24.9 Å². The molecule has 0 fully saturated rings. The van der Waals surface area contributed by atoms with E-state index in [1.54, 1.807) is 12.2 Å². The topological polar surface area (TPSA) is 21.6 Å². The largest absolute Gasteiger partial charge is 0.391 e. The quantitative estimate of drug-likeness (QED) is 0.284. The van der Waals surface area contributed by atoms with Crippen LogP contribution >= 0.6 is 0 Å². The molecule has 0 saturated heterocycles. The predicted octanol–water partition coefficient (Wildman–Crippen LogP) is 4.28. The van der Waals surface area contributed by atoms with Gasteiger partial charge in [0.15, 0.2) is 0 Å². The molecule has 0 aliphatic heterocycles. The van der Waals surface area contributed by atoms with E-state index in [9.17, 15) is 0 Å². The van der Waals surface area contributed by atoms with E-state index in [4.69, 9.17) is 4.84 Å². The third-order valence-corrected chi connectivity index (χ3v) is 1.45. The fourth-order valence-corrected chi connectivity index (χ4v) is 0.755. The van der Waals surface area contributed by atoms with Gasteiger partial charge in [-0.2, -0.15) is 0 Å². The molecule has 2 nitrogen and oxygen atoms in total. The minimum Gasteiger partial charge on any atom is -0.391 e. The lowest BCUT2D eigenvalue weighted by atomic mass is 10.1. The SMILES string of the molecule is C=C/C=C(\C=C)C(C)=NOCC(=C)C.CC. The second kappa shape index (κ2) is 11.5. The third-order valence-electron chi connectivity index (χ3n) is 1.45. The summed E-state index contributed by atoms with van der Waals surface area (Å²) in [6.45, 7) is 19.2. The summed E-state index contributed by atoms with van der Waals surface area (Å²) in [6.07, 6.45) is 5.23. The zero-order valence-corrected chi connectivity index (χ0v) is 10.9. The Morgan fingerprint density at radius 1 is 1.25 bits per heavy atom. The molecule has 16 heavy (non-hydrogen) atoms. The van der Waals surface area contributed by atoms with Crippen LogP contribution in [-0.4, -0.2) is 12.3 Å². The van der Waals surface area contributed by atoms with Crippen molar-refractivity contribution in [1.29, 1.82) is 0 Å². The number of rotatable bonds is 6. The van der Waals surface area contributed by atoms with E-state index in [-0.39, 0.29) is 0 Å². The van der Waals surface area contributed by atoms with Gasteiger partial charge in [0.2, 0.25) is 0 Å². The zero-order chi connectivity index (χ0) is 13.0. The normalized spacial score (nSPS) is 11.0. The first kappa shape index (κ1) is 16.8. The molecule has 0 N–H and O–H groups in total. The molecule has 0 spiro atoms. The Bertz CT molecular complexity index is 285. The second-order valence-corrected chi connectivity index (χ2v) is 2.97. The lowest BCUT2D eigenvalue weighted by molar-refractivity contribution is 0.168. The highest BCUT2D eigenvalue weighted by molar-refractivity contribution is 6.00. The van der Waals surface area contributed by atoms with Crippen molar-refractivity contribution in [3.63, 3.8) is 0 Å². The van der Waals surface area contributed by atoms with Crippen LogP contribution in [0.15, 0.2) is 54.3 Å². The van der Waals surface area contributed by atoms with Gasteiger partial charge >= 0.3 is 0 Å². The Hall–Kier alpha value is -1.57. The number of nitrogens with zero attached hydrogens (tertiary/aromatic N) is 1. The van der Waals surface area contributed by atoms with Gasteiger partial charge in [-0.25, -0.2) is 0 Å². The molecule has 0 aromatic carbocycles. The van der Waals surface area contributed by atoms with Gasteiger partial charge in [-0.15, -0.1) is 0 Å². The Labute approximate surface area is 99.7 Å². The van der Waals surface area contributed by atoms with E-state index in [1.165, 1.54) is 0 Å². The summed E-state index contributed by atoms with van der Waals surface area (Å²) in [5.74, 6) is 0. The Kier molecular flexibility index (Phi) is 12.1. The lowest BCUT2D eigenvalue weighted by Crippen LogP contribution is -1.97. The molecule has 0 amide bonds. The molecule has 0 saturated carbocycles. The molecule has 0 rings (SSSR count). The molecule has 90 valence electrons. The van der Waals surface area contributed by atoms with E-state index in [0.29, 0.717) is 6.61 Å². The summed E-state index contributed by atoms with van der Waals surface area (Å²) in [6, 6.07) is 0. The van der Waals surface area contributed by atoms with Crippen molar-refractivity contribution < 1.29 is 4.84 Å². The highest BCUT2D eigenvalue weighted by atomic mass is 16.6. The molecule has 0 aromatic rings. The first-order valence-corrected chi connectivity index (χ1v) is 5.38. The van der Waals surface area contributed by atoms with E-state index < -0.39 is 0 Å². The van der Waals surface area contributed by atoms with Gasteiger partial charge in [0.1, 0.15) is 6.61 Å². The first-order valence-electron chi connectivity index (χ1n) is 5.38. The summed E-state index contributed by atoms with van der Waals surface area (Å²) in [7, 11) is 0. The fraction of sp³-hybridized carbons (Fsp3) is 0.357. The summed E-state index contributed by atoms with van der Waals surface area (Å²) in [4.78, 5) is 5.05. The van der Waals surface area contributed by atoms with Crippen LogP contribution < -0.4 is 0 Å². The summed E-state index contributed by atoms with van der Waals surface area (Å²) in [5, 5.41) is 3.92. The van der Waals surface area contributed by atoms with Gasteiger partial charge in [0.05, 0.1) is 5.71 Å². The maximum Gasteiger partial charge on any atom is 0.137 e. The standard InChI is InChI=1S/C12H17NO.C2H6/c1-6-8-12(7-2)11(5)13-14-9-10(3)4;1-2/h6-8H,1-3,9H2,4-5H3;1-2H3/b12-8+,13-11?;. The minimum atomic E-state index is 0.440. The lowest BCUT2D eigenvalue weighted by Gasteiger charge is -2.01. The first-order chi connectivity index (χ1) is 7.61. The highest BCUT2D eigenvalue weighted by Gasteiger charge is 1.95. The third kappa shape index (κ3) is 9.00. The van der Waals surface area contributed by atoms with Crippen LogP contribution in [0.5, 0.6) is 0 Å². The highest BCUT2D eigenvalue weighted by Crippen LogP contribution is 2.01. The number of oxime groups is 1. The molecule has 0 atom stereocenters. The number of hydrogen-bond acceptors (Lipinski definition) is 2. The average molecular weight is 221 g/mol. The minimum absolute atomic E-state index is 0.440. The van der Waals surface area contributed by atoms with Crippen molar-refractivity contribution in [2.24, 2.45) is 5.16 Å². The molecule has 0 aliphatic rings. The Balaban J connectivity index is 0. The predicted molar refractivity (Wildman–Crippen MR) is 73.7 cm³/mol. The average Bonchev–Trinajstić information content (AvgIpc) is 2.28. The maximum atomic E-state index is 5.05. The molecular formula is C14H23NO. The van der Waals surface area contributed by atoms with E-state index in [1.807, 2.05) is 33.8 Å². The van der Waals surface area contributed by atoms with Crippen LogP contribution in [0.1, 0.15) is 27.7 Å². The van der Waals surface area contributed by atoms with Crippen LogP contribution in [-0.2, 0) is 4.84 Å². The summed E-state index contributed by atoms with van der Waals surface area (Å²) < 4.78 is 0. The van der Waals surface area contributed by atoms with Gasteiger partial charge in [-0.05, 0) is 25.0 Å². The molecule has 0 heterocycles. The molecule has 2 heteroatoms. The van der Waals surface area contributed by atoms with Crippen molar-refractivity contribution in [3.8, 4) is 0 Å². The molecule has 0 aliphatic carbocycles. The molecule has 0 radical (unpaired) electrons. The van der Waals surface area contributed by atoms with Crippen molar-refractivity contribution >= 4 is 5.71 Å². The van der Waals surface area contributed by atoms with Crippen LogP contribution in [0.4, 0.5) is 0 Å². The Morgan fingerprint density at radius 3 is 2.19 bits per heavy atom. The number of hydrogen-bond donors (Lipinski definition) is 0. The van der Waals surface area contributed by atoms with Crippen molar-refractivity contribution in [2.75, 3.05) is 6.61 Å². The van der Waals surface area contributed by atoms with Gasteiger partial charge < -0.3 is 4.84 Å². The van der Waals surface area contributed by atoms with Gasteiger partial charge in [0.25, 0.3) is 0 Å². The molecule has 0 unspecified atom stereocenters. The van der Waals surface area contributed by atoms with Crippen molar-refractivity contribution in [3.05, 3.63) is 49.1 Å². The fourth-order valence-electron chi connectivity index (χ4n) is 0.755. The van der Waals surface area contributed by atoms with Crippen molar-refractivity contribution in [2.45, 2.75) is 27.7 Å². The van der Waals surface area contributed by atoms with Gasteiger partial charge in [0, 0.05) is 0 Å². The second-order valence-electron chi connectivity index (χ2n) is 2.97. The molecule has 0 aromatic heterocycles. The van der Waals surface area contributed by atoms with Crippen LogP contribution in [0, 0.1) is 0 Å². The summed E-state index contributed by atoms with van der Waals surface area (Å²) >= 11 is 0. The van der Waals surface area contributed by atoms with Gasteiger partial charge in [-0.1, -0.05) is 57.0 Å². The van der Waals surface area contributed by atoms with Crippen molar-refractivity contribution in [1.82, 2.24) is 0 Å².